The maximum Gasteiger partial charge on any atom is 0.271 e. The van der Waals surface area contributed by atoms with Gasteiger partial charge in [-0.15, -0.1) is 0 Å². The molecule has 0 atom stereocenters. The van der Waals surface area contributed by atoms with Crippen molar-refractivity contribution in [3.8, 4) is 17.1 Å². The second-order valence-corrected chi connectivity index (χ2v) is 4.55. The molecule has 0 aliphatic heterocycles. The lowest BCUT2D eigenvalue weighted by atomic mass is 10.2. The lowest BCUT2D eigenvalue weighted by molar-refractivity contribution is 0.415. The van der Waals surface area contributed by atoms with Crippen LogP contribution in [0.4, 0.5) is 0 Å². The summed E-state index contributed by atoms with van der Waals surface area (Å²) in [5.74, 6) is 2.11. The SMILES string of the molecule is C=c1[nH][nH]c(=O)/c1=C/c1ccc(-c2ccc(OC)cc2)o1. The molecular weight excluding hydrogens is 268 g/mol. The molecule has 0 spiro atoms. The van der Waals surface area contributed by atoms with E-state index in [1.807, 2.05) is 36.4 Å². The number of furan rings is 1. The Hall–Kier alpha value is -2.95. The normalized spacial score (nSPS) is 11.8. The molecule has 3 aromatic rings. The fourth-order valence-electron chi connectivity index (χ4n) is 2.04. The van der Waals surface area contributed by atoms with E-state index < -0.39 is 0 Å². The first-order chi connectivity index (χ1) is 10.2. The topological polar surface area (TPSA) is 71.0 Å². The van der Waals surface area contributed by atoms with Crippen LogP contribution in [0.25, 0.3) is 24.0 Å². The molecule has 0 aliphatic carbocycles. The molecule has 5 heteroatoms. The van der Waals surface area contributed by atoms with Crippen LogP contribution < -0.4 is 20.9 Å². The zero-order valence-electron chi connectivity index (χ0n) is 11.5. The summed E-state index contributed by atoms with van der Waals surface area (Å²) in [6.45, 7) is 3.75. The largest absolute Gasteiger partial charge is 0.497 e. The Labute approximate surface area is 120 Å². The van der Waals surface area contributed by atoms with E-state index in [9.17, 15) is 4.79 Å². The Balaban J connectivity index is 1.98. The number of rotatable bonds is 3. The van der Waals surface area contributed by atoms with E-state index in [-0.39, 0.29) is 5.56 Å². The van der Waals surface area contributed by atoms with Crippen LogP contribution in [-0.2, 0) is 0 Å². The molecular formula is C16H14N2O3. The van der Waals surface area contributed by atoms with Crippen molar-refractivity contribution >= 4 is 12.7 Å². The Morgan fingerprint density at radius 1 is 1.14 bits per heavy atom. The number of hydrogen-bond acceptors (Lipinski definition) is 3. The molecule has 0 bridgehead atoms. The fourth-order valence-corrected chi connectivity index (χ4v) is 2.04. The molecule has 2 heterocycles. The number of H-pyrrole nitrogens is 2. The van der Waals surface area contributed by atoms with Gasteiger partial charge >= 0.3 is 0 Å². The third-order valence-electron chi connectivity index (χ3n) is 3.18. The number of ether oxygens (including phenoxy) is 1. The summed E-state index contributed by atoms with van der Waals surface area (Å²) in [7, 11) is 1.62. The number of aromatic nitrogens is 2. The summed E-state index contributed by atoms with van der Waals surface area (Å²) >= 11 is 0. The molecule has 0 fully saturated rings. The predicted molar refractivity (Wildman–Crippen MR) is 80.4 cm³/mol. The highest BCUT2D eigenvalue weighted by molar-refractivity contribution is 5.60. The summed E-state index contributed by atoms with van der Waals surface area (Å²) in [6.07, 6.45) is 1.66. The molecule has 1 aromatic carbocycles. The smallest absolute Gasteiger partial charge is 0.271 e. The summed E-state index contributed by atoms with van der Waals surface area (Å²) in [4.78, 5) is 11.6. The Kier molecular flexibility index (Phi) is 3.23. The first kappa shape index (κ1) is 13.1. The van der Waals surface area contributed by atoms with Gasteiger partial charge in [0.05, 0.1) is 17.7 Å². The number of nitrogens with one attached hydrogen (secondary N) is 2. The predicted octanol–water partition coefficient (Wildman–Crippen LogP) is 1.21. The van der Waals surface area contributed by atoms with E-state index in [1.165, 1.54) is 0 Å². The van der Waals surface area contributed by atoms with Crippen LogP contribution in [0.5, 0.6) is 5.75 Å². The highest BCUT2D eigenvalue weighted by Crippen LogP contribution is 2.24. The molecule has 2 N–H and O–H groups in total. The van der Waals surface area contributed by atoms with Crippen LogP contribution >= 0.6 is 0 Å². The molecule has 0 radical (unpaired) electrons. The van der Waals surface area contributed by atoms with E-state index in [1.54, 1.807) is 13.2 Å². The highest BCUT2D eigenvalue weighted by atomic mass is 16.5. The summed E-state index contributed by atoms with van der Waals surface area (Å²) in [5, 5.41) is 6.14. The van der Waals surface area contributed by atoms with Crippen molar-refractivity contribution in [3.05, 3.63) is 63.1 Å². The van der Waals surface area contributed by atoms with Gasteiger partial charge in [0.1, 0.15) is 17.3 Å². The van der Waals surface area contributed by atoms with Gasteiger partial charge in [-0.05, 0) is 42.5 Å². The van der Waals surface area contributed by atoms with Gasteiger partial charge in [0.15, 0.2) is 0 Å². The van der Waals surface area contributed by atoms with Crippen molar-refractivity contribution in [2.24, 2.45) is 0 Å². The van der Waals surface area contributed by atoms with Crippen molar-refractivity contribution in [2.75, 3.05) is 7.11 Å². The molecule has 3 rings (SSSR count). The average Bonchev–Trinajstić information content (AvgIpc) is 3.10. The molecule has 0 saturated heterocycles. The number of hydrogen-bond donors (Lipinski definition) is 2. The van der Waals surface area contributed by atoms with Crippen molar-refractivity contribution < 1.29 is 9.15 Å². The van der Waals surface area contributed by atoms with Crippen molar-refractivity contribution in [1.29, 1.82) is 0 Å². The fraction of sp³-hybridized carbons (Fsp3) is 0.0625. The second kappa shape index (κ2) is 5.20. The van der Waals surface area contributed by atoms with Gasteiger partial charge in [-0.1, -0.05) is 6.58 Å². The lowest BCUT2D eigenvalue weighted by Gasteiger charge is -2.00. The maximum atomic E-state index is 11.6. The lowest BCUT2D eigenvalue weighted by Crippen LogP contribution is -2.32. The van der Waals surface area contributed by atoms with E-state index in [2.05, 4.69) is 16.8 Å². The first-order valence-electron chi connectivity index (χ1n) is 6.39. The van der Waals surface area contributed by atoms with Gasteiger partial charge in [-0.25, -0.2) is 0 Å². The van der Waals surface area contributed by atoms with Gasteiger partial charge in [0.25, 0.3) is 5.56 Å². The third-order valence-corrected chi connectivity index (χ3v) is 3.18. The highest BCUT2D eigenvalue weighted by Gasteiger charge is 2.04. The van der Waals surface area contributed by atoms with Crippen LogP contribution in [0.15, 0.2) is 45.6 Å². The van der Waals surface area contributed by atoms with E-state index in [0.717, 1.165) is 17.1 Å². The van der Waals surface area contributed by atoms with Crippen LogP contribution in [0, 0.1) is 0 Å². The quantitative estimate of drug-likeness (QED) is 0.758. The van der Waals surface area contributed by atoms with Gasteiger partial charge < -0.3 is 9.15 Å². The van der Waals surface area contributed by atoms with Crippen molar-refractivity contribution in [3.63, 3.8) is 0 Å². The Morgan fingerprint density at radius 3 is 2.52 bits per heavy atom. The molecule has 0 aliphatic rings. The van der Waals surface area contributed by atoms with Crippen molar-refractivity contribution in [2.45, 2.75) is 0 Å². The van der Waals surface area contributed by atoms with Gasteiger partial charge in [0, 0.05) is 5.56 Å². The average molecular weight is 282 g/mol. The molecule has 0 unspecified atom stereocenters. The number of benzene rings is 1. The van der Waals surface area contributed by atoms with Crippen LogP contribution in [-0.4, -0.2) is 17.3 Å². The number of aromatic amines is 2. The van der Waals surface area contributed by atoms with E-state index >= 15 is 0 Å². The van der Waals surface area contributed by atoms with Crippen LogP contribution in [0.1, 0.15) is 5.76 Å². The van der Waals surface area contributed by atoms with Crippen molar-refractivity contribution in [1.82, 2.24) is 10.2 Å². The van der Waals surface area contributed by atoms with Crippen LogP contribution in [0.2, 0.25) is 0 Å². The standard InChI is InChI=1S/C16H14N2O3/c1-10-14(16(19)18-17-10)9-13-7-8-15(21-13)11-3-5-12(20-2)6-4-11/h3-9,17H,1H2,2H3,(H,18,19)/b14-9+. The minimum atomic E-state index is -0.220. The number of methoxy groups -OCH3 is 1. The second-order valence-electron chi connectivity index (χ2n) is 4.55. The summed E-state index contributed by atoms with van der Waals surface area (Å²) < 4.78 is 10.9. The maximum absolute atomic E-state index is 11.6. The molecule has 21 heavy (non-hydrogen) atoms. The molecule has 2 aromatic heterocycles. The van der Waals surface area contributed by atoms with Gasteiger partial charge in [-0.3, -0.25) is 15.0 Å². The monoisotopic (exact) mass is 282 g/mol. The van der Waals surface area contributed by atoms with E-state index in [4.69, 9.17) is 9.15 Å². The van der Waals surface area contributed by atoms with Gasteiger partial charge in [0.2, 0.25) is 0 Å². The molecule has 5 nitrogen and oxygen atoms in total. The zero-order valence-corrected chi connectivity index (χ0v) is 11.5. The summed E-state index contributed by atoms with van der Waals surface area (Å²) in [5.41, 5.74) is 0.718. The Bertz CT molecular complexity index is 883. The van der Waals surface area contributed by atoms with E-state index in [0.29, 0.717) is 16.3 Å². The first-order valence-corrected chi connectivity index (χ1v) is 6.39. The summed E-state index contributed by atoms with van der Waals surface area (Å²) in [6, 6.07) is 11.2. The third kappa shape index (κ3) is 2.53. The minimum Gasteiger partial charge on any atom is -0.497 e. The van der Waals surface area contributed by atoms with Gasteiger partial charge in [-0.2, -0.15) is 0 Å². The van der Waals surface area contributed by atoms with Crippen LogP contribution in [0.3, 0.4) is 0 Å². The molecule has 0 amide bonds. The molecule has 106 valence electrons. The minimum absolute atomic E-state index is 0.220. The molecule has 0 saturated carbocycles. The zero-order chi connectivity index (χ0) is 14.8. The Morgan fingerprint density at radius 2 is 1.90 bits per heavy atom.